The molecular weight excluding hydrogens is 202 g/mol. The van der Waals surface area contributed by atoms with Crippen molar-refractivity contribution in [1.29, 1.82) is 0 Å². The molecule has 16 heavy (non-hydrogen) atoms. The van der Waals surface area contributed by atoms with Crippen molar-refractivity contribution in [2.24, 2.45) is 5.92 Å². The van der Waals surface area contributed by atoms with Crippen molar-refractivity contribution in [3.05, 3.63) is 23.8 Å². The highest BCUT2D eigenvalue weighted by Crippen LogP contribution is 2.20. The molecule has 0 bridgehead atoms. The van der Waals surface area contributed by atoms with Crippen molar-refractivity contribution in [3.8, 4) is 0 Å². The molecule has 0 N–H and O–H groups in total. The summed E-state index contributed by atoms with van der Waals surface area (Å²) in [7, 11) is 1.47. The molecule has 0 saturated carbocycles. The first kappa shape index (κ1) is 11.4. The SMILES string of the molecule is COC(=O)C1CCN(CC2=CC=CCC2)C1. The summed E-state index contributed by atoms with van der Waals surface area (Å²) in [5.41, 5.74) is 1.48. The summed E-state index contributed by atoms with van der Waals surface area (Å²) >= 11 is 0. The van der Waals surface area contributed by atoms with E-state index in [2.05, 4.69) is 23.1 Å². The fourth-order valence-corrected chi connectivity index (χ4v) is 2.41. The van der Waals surface area contributed by atoms with Gasteiger partial charge >= 0.3 is 5.97 Å². The molecule has 1 unspecified atom stereocenters. The molecule has 0 amide bonds. The molecule has 2 rings (SSSR count). The number of esters is 1. The average molecular weight is 221 g/mol. The van der Waals surface area contributed by atoms with Gasteiger partial charge in [-0.05, 0) is 25.8 Å². The summed E-state index contributed by atoms with van der Waals surface area (Å²) in [6.45, 7) is 2.88. The average Bonchev–Trinajstić information content (AvgIpc) is 2.78. The molecule has 1 aliphatic heterocycles. The number of allylic oxidation sites excluding steroid dienone is 3. The second kappa shape index (κ2) is 5.30. The summed E-state index contributed by atoms with van der Waals surface area (Å²) in [6.07, 6.45) is 9.79. The molecule has 0 aromatic heterocycles. The number of nitrogens with zero attached hydrogens (tertiary/aromatic N) is 1. The largest absolute Gasteiger partial charge is 0.469 e. The first-order chi connectivity index (χ1) is 7.79. The zero-order valence-corrected chi connectivity index (χ0v) is 9.82. The van der Waals surface area contributed by atoms with E-state index in [-0.39, 0.29) is 11.9 Å². The van der Waals surface area contributed by atoms with Crippen molar-refractivity contribution in [1.82, 2.24) is 4.90 Å². The van der Waals surface area contributed by atoms with Gasteiger partial charge in [0, 0.05) is 13.1 Å². The van der Waals surface area contributed by atoms with Crippen molar-refractivity contribution in [2.75, 3.05) is 26.7 Å². The van der Waals surface area contributed by atoms with E-state index in [0.717, 1.165) is 38.9 Å². The Morgan fingerprint density at radius 3 is 3.19 bits per heavy atom. The molecule has 88 valence electrons. The molecule has 3 heteroatoms. The third-order valence-corrected chi connectivity index (χ3v) is 3.33. The molecule has 1 saturated heterocycles. The molecular formula is C13H19NO2. The van der Waals surface area contributed by atoms with E-state index in [1.54, 1.807) is 0 Å². The fraction of sp³-hybridized carbons (Fsp3) is 0.615. The highest BCUT2D eigenvalue weighted by molar-refractivity contribution is 5.72. The molecule has 1 fully saturated rings. The lowest BCUT2D eigenvalue weighted by Crippen LogP contribution is -2.26. The molecule has 0 radical (unpaired) electrons. The Balaban J connectivity index is 1.82. The Labute approximate surface area is 96.8 Å². The number of ether oxygens (including phenoxy) is 1. The number of rotatable bonds is 3. The van der Waals surface area contributed by atoms with Crippen LogP contribution in [-0.4, -0.2) is 37.6 Å². The van der Waals surface area contributed by atoms with Gasteiger partial charge in [-0.3, -0.25) is 9.69 Å². The maximum Gasteiger partial charge on any atom is 0.310 e. The van der Waals surface area contributed by atoms with Gasteiger partial charge < -0.3 is 4.74 Å². The summed E-state index contributed by atoms with van der Waals surface area (Å²) in [6, 6.07) is 0. The molecule has 1 heterocycles. The van der Waals surface area contributed by atoms with Crippen LogP contribution in [0.25, 0.3) is 0 Å². The zero-order chi connectivity index (χ0) is 11.4. The summed E-state index contributed by atoms with van der Waals surface area (Å²) in [5, 5.41) is 0. The van der Waals surface area contributed by atoms with Crippen LogP contribution in [0.4, 0.5) is 0 Å². The fourth-order valence-electron chi connectivity index (χ4n) is 2.41. The van der Waals surface area contributed by atoms with E-state index in [4.69, 9.17) is 4.74 Å². The lowest BCUT2D eigenvalue weighted by Gasteiger charge is -2.18. The summed E-state index contributed by atoms with van der Waals surface area (Å²) in [5.74, 6) is 0.0322. The Hall–Kier alpha value is -1.09. The van der Waals surface area contributed by atoms with Gasteiger partial charge in [0.2, 0.25) is 0 Å². The molecule has 0 aromatic carbocycles. The number of carbonyl (C=O) groups excluding carboxylic acids is 1. The van der Waals surface area contributed by atoms with Crippen LogP contribution in [0.3, 0.4) is 0 Å². The monoisotopic (exact) mass is 221 g/mol. The predicted molar refractivity (Wildman–Crippen MR) is 63.0 cm³/mol. The van der Waals surface area contributed by atoms with Crippen LogP contribution in [-0.2, 0) is 9.53 Å². The maximum atomic E-state index is 11.4. The lowest BCUT2D eigenvalue weighted by atomic mass is 10.0. The smallest absolute Gasteiger partial charge is 0.310 e. The Bertz CT molecular complexity index is 320. The van der Waals surface area contributed by atoms with Crippen LogP contribution in [0.2, 0.25) is 0 Å². The van der Waals surface area contributed by atoms with Crippen molar-refractivity contribution >= 4 is 5.97 Å². The van der Waals surface area contributed by atoms with Gasteiger partial charge in [-0.25, -0.2) is 0 Å². The van der Waals surface area contributed by atoms with E-state index in [1.165, 1.54) is 12.7 Å². The minimum atomic E-state index is -0.0555. The normalized spacial score (nSPS) is 25.6. The second-order valence-electron chi connectivity index (χ2n) is 4.54. The van der Waals surface area contributed by atoms with Gasteiger partial charge in [0.1, 0.15) is 0 Å². The predicted octanol–water partition coefficient (Wildman–Crippen LogP) is 1.76. The minimum absolute atomic E-state index is 0.0555. The molecule has 1 aliphatic carbocycles. The van der Waals surface area contributed by atoms with Crippen molar-refractivity contribution in [3.63, 3.8) is 0 Å². The number of methoxy groups -OCH3 is 1. The zero-order valence-electron chi connectivity index (χ0n) is 9.82. The number of hydrogen-bond donors (Lipinski definition) is 0. The van der Waals surface area contributed by atoms with Crippen LogP contribution in [0.1, 0.15) is 19.3 Å². The Morgan fingerprint density at radius 1 is 1.62 bits per heavy atom. The van der Waals surface area contributed by atoms with E-state index < -0.39 is 0 Å². The second-order valence-corrected chi connectivity index (χ2v) is 4.54. The summed E-state index contributed by atoms with van der Waals surface area (Å²) in [4.78, 5) is 13.7. The van der Waals surface area contributed by atoms with Gasteiger partial charge in [-0.1, -0.05) is 23.8 Å². The van der Waals surface area contributed by atoms with Crippen LogP contribution in [0.15, 0.2) is 23.8 Å². The molecule has 1 atom stereocenters. The quantitative estimate of drug-likeness (QED) is 0.680. The topological polar surface area (TPSA) is 29.5 Å². The standard InChI is InChI=1S/C13H19NO2/c1-16-13(15)12-7-8-14(10-12)9-11-5-3-2-4-6-11/h2-3,5,12H,4,6-10H2,1H3. The van der Waals surface area contributed by atoms with Gasteiger partial charge in [-0.15, -0.1) is 0 Å². The molecule has 3 nitrogen and oxygen atoms in total. The van der Waals surface area contributed by atoms with Gasteiger partial charge in [0.15, 0.2) is 0 Å². The third kappa shape index (κ3) is 2.73. The van der Waals surface area contributed by atoms with Crippen molar-refractivity contribution < 1.29 is 9.53 Å². The Kier molecular flexibility index (Phi) is 3.78. The number of hydrogen-bond acceptors (Lipinski definition) is 3. The van der Waals surface area contributed by atoms with E-state index in [1.807, 2.05) is 0 Å². The van der Waals surface area contributed by atoms with Gasteiger partial charge in [0.05, 0.1) is 13.0 Å². The van der Waals surface area contributed by atoms with Crippen LogP contribution < -0.4 is 0 Å². The van der Waals surface area contributed by atoms with Gasteiger partial charge in [0.25, 0.3) is 0 Å². The molecule has 0 aromatic rings. The van der Waals surface area contributed by atoms with E-state index in [0.29, 0.717) is 0 Å². The van der Waals surface area contributed by atoms with Gasteiger partial charge in [-0.2, -0.15) is 0 Å². The first-order valence-corrected chi connectivity index (χ1v) is 5.94. The highest BCUT2D eigenvalue weighted by Gasteiger charge is 2.28. The first-order valence-electron chi connectivity index (χ1n) is 5.94. The van der Waals surface area contributed by atoms with Crippen LogP contribution in [0, 0.1) is 5.92 Å². The summed E-state index contributed by atoms with van der Waals surface area (Å²) < 4.78 is 4.78. The number of likely N-dealkylation sites (tertiary alicyclic amines) is 1. The van der Waals surface area contributed by atoms with E-state index in [9.17, 15) is 4.79 Å². The van der Waals surface area contributed by atoms with Crippen molar-refractivity contribution in [2.45, 2.75) is 19.3 Å². The van der Waals surface area contributed by atoms with Crippen LogP contribution in [0.5, 0.6) is 0 Å². The number of carbonyl (C=O) groups is 1. The highest BCUT2D eigenvalue weighted by atomic mass is 16.5. The van der Waals surface area contributed by atoms with E-state index >= 15 is 0 Å². The molecule has 0 spiro atoms. The third-order valence-electron chi connectivity index (χ3n) is 3.33. The lowest BCUT2D eigenvalue weighted by molar-refractivity contribution is -0.144. The minimum Gasteiger partial charge on any atom is -0.469 e. The Morgan fingerprint density at radius 2 is 2.50 bits per heavy atom. The molecule has 2 aliphatic rings. The maximum absolute atomic E-state index is 11.4. The van der Waals surface area contributed by atoms with Crippen LogP contribution >= 0.6 is 0 Å².